The normalized spacial score (nSPS) is 12.6. The van der Waals surface area contributed by atoms with E-state index < -0.39 is 28.5 Å². The summed E-state index contributed by atoms with van der Waals surface area (Å²) < 4.78 is 39.7. The van der Waals surface area contributed by atoms with Gasteiger partial charge in [0.25, 0.3) is 10.0 Å². The van der Waals surface area contributed by atoms with Gasteiger partial charge in [0.15, 0.2) is 11.5 Å². The van der Waals surface area contributed by atoms with Gasteiger partial charge >= 0.3 is 0 Å². The Kier molecular flexibility index (Phi) is 10.8. The number of rotatable bonds is 13. The maximum atomic E-state index is 14.0. The number of sulfonamides is 1. The smallest absolute Gasteiger partial charge is 0.264 e. The Morgan fingerprint density at radius 1 is 0.902 bits per heavy atom. The van der Waals surface area contributed by atoms with Gasteiger partial charge in [-0.1, -0.05) is 55.0 Å². The number of amides is 2. The molecule has 2 atom stereocenters. The molecule has 0 bridgehead atoms. The Balaban J connectivity index is 2.04. The second kappa shape index (κ2) is 14.0. The molecule has 0 unspecified atom stereocenters. The van der Waals surface area contributed by atoms with Crippen LogP contribution in [0.3, 0.4) is 0 Å². The first kappa shape index (κ1) is 31.5. The van der Waals surface area contributed by atoms with Gasteiger partial charge in [0, 0.05) is 18.7 Å². The summed E-state index contributed by atoms with van der Waals surface area (Å²) in [5.41, 5.74) is 2.15. The molecule has 2 amide bonds. The molecule has 1 N–H and O–H groups in total. The minimum atomic E-state index is -4.24. The van der Waals surface area contributed by atoms with Crippen molar-refractivity contribution in [3.05, 3.63) is 83.9 Å². The standard InChI is InChI=1S/C31H39N3O6S/c1-7-23(3)32-31(36)24(4)33(20-25-13-11-12-22(2)18-25)30(35)21-34(26-14-9-8-10-15-26)41(37,38)27-16-17-28(39-5)29(19-27)40-6/h8-19,23-24H,7,20-21H2,1-6H3,(H,32,36)/t23-,24+/m1/s1. The van der Waals surface area contributed by atoms with Crippen LogP contribution in [0.5, 0.6) is 11.5 Å². The van der Waals surface area contributed by atoms with Crippen LogP contribution in [0.1, 0.15) is 38.3 Å². The van der Waals surface area contributed by atoms with Crippen molar-refractivity contribution in [1.29, 1.82) is 0 Å². The summed E-state index contributed by atoms with van der Waals surface area (Å²) in [4.78, 5) is 28.5. The number of carbonyl (C=O) groups is 2. The summed E-state index contributed by atoms with van der Waals surface area (Å²) in [7, 11) is -1.36. The molecule has 0 fully saturated rings. The van der Waals surface area contributed by atoms with Gasteiger partial charge in [-0.25, -0.2) is 8.42 Å². The van der Waals surface area contributed by atoms with Crippen molar-refractivity contribution in [3.8, 4) is 11.5 Å². The lowest BCUT2D eigenvalue weighted by atomic mass is 10.1. The van der Waals surface area contributed by atoms with Crippen molar-refractivity contribution >= 4 is 27.5 Å². The van der Waals surface area contributed by atoms with E-state index in [0.29, 0.717) is 11.4 Å². The first-order valence-corrected chi connectivity index (χ1v) is 14.9. The Labute approximate surface area is 243 Å². The van der Waals surface area contributed by atoms with Crippen molar-refractivity contribution in [1.82, 2.24) is 10.2 Å². The van der Waals surface area contributed by atoms with Crippen LogP contribution in [0, 0.1) is 6.92 Å². The van der Waals surface area contributed by atoms with Crippen LogP contribution in [0.25, 0.3) is 0 Å². The molecule has 10 heteroatoms. The maximum absolute atomic E-state index is 14.0. The Morgan fingerprint density at radius 3 is 2.20 bits per heavy atom. The average molecular weight is 582 g/mol. The van der Waals surface area contributed by atoms with Gasteiger partial charge in [0.05, 0.1) is 24.8 Å². The number of para-hydroxylation sites is 1. The van der Waals surface area contributed by atoms with E-state index in [2.05, 4.69) is 5.32 Å². The van der Waals surface area contributed by atoms with E-state index in [4.69, 9.17) is 9.47 Å². The number of aryl methyl sites for hydroxylation is 1. The summed E-state index contributed by atoms with van der Waals surface area (Å²) in [6.07, 6.45) is 0.732. The van der Waals surface area contributed by atoms with Crippen LogP contribution in [-0.4, -0.2) is 58.0 Å². The molecule has 0 radical (unpaired) electrons. The van der Waals surface area contributed by atoms with Crippen molar-refractivity contribution in [3.63, 3.8) is 0 Å². The lowest BCUT2D eigenvalue weighted by molar-refractivity contribution is -0.139. The molecule has 220 valence electrons. The molecule has 3 aromatic carbocycles. The van der Waals surface area contributed by atoms with E-state index in [-0.39, 0.29) is 29.1 Å². The molecule has 41 heavy (non-hydrogen) atoms. The maximum Gasteiger partial charge on any atom is 0.264 e. The predicted molar refractivity (Wildman–Crippen MR) is 160 cm³/mol. The second-order valence-electron chi connectivity index (χ2n) is 9.87. The molecule has 0 aromatic heterocycles. The van der Waals surface area contributed by atoms with Crippen LogP contribution < -0.4 is 19.1 Å². The number of benzene rings is 3. The zero-order chi connectivity index (χ0) is 30.2. The van der Waals surface area contributed by atoms with E-state index in [9.17, 15) is 18.0 Å². The summed E-state index contributed by atoms with van der Waals surface area (Å²) in [6, 6.07) is 19.4. The molecule has 0 heterocycles. The summed E-state index contributed by atoms with van der Waals surface area (Å²) in [5, 5.41) is 2.94. The van der Waals surface area contributed by atoms with E-state index >= 15 is 0 Å². The number of anilines is 1. The number of hydrogen-bond donors (Lipinski definition) is 1. The number of methoxy groups -OCH3 is 2. The highest BCUT2D eigenvalue weighted by atomic mass is 32.2. The van der Waals surface area contributed by atoms with Crippen LogP contribution in [0.2, 0.25) is 0 Å². The van der Waals surface area contributed by atoms with Crippen LogP contribution in [0.15, 0.2) is 77.7 Å². The zero-order valence-electron chi connectivity index (χ0n) is 24.5. The zero-order valence-corrected chi connectivity index (χ0v) is 25.3. The van der Waals surface area contributed by atoms with Crippen molar-refractivity contribution in [2.75, 3.05) is 25.1 Å². The van der Waals surface area contributed by atoms with Gasteiger partial charge in [0.2, 0.25) is 11.8 Å². The van der Waals surface area contributed by atoms with Crippen molar-refractivity contribution in [2.45, 2.75) is 57.6 Å². The van der Waals surface area contributed by atoms with Gasteiger partial charge in [-0.05, 0) is 57.0 Å². The molecule has 0 saturated heterocycles. The monoisotopic (exact) mass is 581 g/mol. The highest BCUT2D eigenvalue weighted by molar-refractivity contribution is 7.92. The minimum absolute atomic E-state index is 0.0698. The van der Waals surface area contributed by atoms with Crippen LogP contribution in [0.4, 0.5) is 5.69 Å². The van der Waals surface area contributed by atoms with Crippen molar-refractivity contribution in [2.24, 2.45) is 0 Å². The van der Waals surface area contributed by atoms with Gasteiger partial charge in [-0.3, -0.25) is 13.9 Å². The fraction of sp³-hybridized carbons (Fsp3) is 0.355. The largest absolute Gasteiger partial charge is 0.493 e. The number of hydrogen-bond acceptors (Lipinski definition) is 6. The molecular formula is C31H39N3O6S. The van der Waals surface area contributed by atoms with E-state index in [1.165, 1.54) is 37.3 Å². The Bertz CT molecular complexity index is 1450. The van der Waals surface area contributed by atoms with Gasteiger partial charge < -0.3 is 19.7 Å². The van der Waals surface area contributed by atoms with Gasteiger partial charge in [0.1, 0.15) is 12.6 Å². The molecule has 3 rings (SSSR count). The second-order valence-corrected chi connectivity index (χ2v) is 11.7. The predicted octanol–water partition coefficient (Wildman–Crippen LogP) is 4.54. The Morgan fingerprint density at radius 2 is 1.59 bits per heavy atom. The molecule has 0 aliphatic heterocycles. The molecule has 3 aromatic rings. The fourth-order valence-corrected chi connectivity index (χ4v) is 5.71. The van der Waals surface area contributed by atoms with E-state index in [1.54, 1.807) is 37.3 Å². The van der Waals surface area contributed by atoms with Crippen LogP contribution >= 0.6 is 0 Å². The van der Waals surface area contributed by atoms with Crippen molar-refractivity contribution < 1.29 is 27.5 Å². The van der Waals surface area contributed by atoms with E-state index in [0.717, 1.165) is 21.9 Å². The van der Waals surface area contributed by atoms with Gasteiger partial charge in [-0.2, -0.15) is 0 Å². The molecular weight excluding hydrogens is 542 g/mol. The topological polar surface area (TPSA) is 105 Å². The quantitative estimate of drug-likeness (QED) is 0.318. The molecule has 0 aliphatic carbocycles. The summed E-state index contributed by atoms with van der Waals surface area (Å²) in [5.74, 6) is -0.218. The lowest BCUT2D eigenvalue weighted by Gasteiger charge is -2.32. The van der Waals surface area contributed by atoms with E-state index in [1.807, 2.05) is 45.0 Å². The first-order valence-electron chi connectivity index (χ1n) is 13.5. The summed E-state index contributed by atoms with van der Waals surface area (Å²) in [6.45, 7) is 7.07. The molecule has 0 saturated carbocycles. The fourth-order valence-electron chi connectivity index (χ4n) is 4.28. The first-order chi connectivity index (χ1) is 19.5. The molecule has 9 nitrogen and oxygen atoms in total. The highest BCUT2D eigenvalue weighted by Gasteiger charge is 2.33. The Hall–Kier alpha value is -4.05. The average Bonchev–Trinajstić information content (AvgIpc) is 2.97. The number of carbonyl (C=O) groups excluding carboxylic acids is 2. The van der Waals surface area contributed by atoms with Crippen LogP contribution in [-0.2, 0) is 26.2 Å². The molecule has 0 spiro atoms. The third-order valence-electron chi connectivity index (χ3n) is 6.87. The van der Waals surface area contributed by atoms with Gasteiger partial charge in [-0.15, -0.1) is 0 Å². The highest BCUT2D eigenvalue weighted by Crippen LogP contribution is 2.32. The number of nitrogens with one attached hydrogen (secondary N) is 1. The minimum Gasteiger partial charge on any atom is -0.493 e. The summed E-state index contributed by atoms with van der Waals surface area (Å²) >= 11 is 0. The lowest BCUT2D eigenvalue weighted by Crippen LogP contribution is -2.52. The third kappa shape index (κ3) is 7.79. The number of nitrogens with zero attached hydrogens (tertiary/aromatic N) is 2. The number of ether oxygens (including phenoxy) is 2. The SMILES string of the molecule is CC[C@@H](C)NC(=O)[C@H](C)N(Cc1cccc(C)c1)C(=O)CN(c1ccccc1)S(=O)(=O)c1ccc(OC)c(OC)c1. The molecule has 0 aliphatic rings. The third-order valence-corrected chi connectivity index (χ3v) is 8.64.